The van der Waals surface area contributed by atoms with E-state index in [4.69, 9.17) is 0 Å². The Labute approximate surface area is 89.2 Å². The van der Waals surface area contributed by atoms with Gasteiger partial charge in [-0.15, -0.1) is 0 Å². The number of nitrogens with one attached hydrogen (secondary N) is 2. The number of hydrogen-bond acceptors (Lipinski definition) is 3. The van der Waals surface area contributed by atoms with E-state index < -0.39 is 5.54 Å². The van der Waals surface area contributed by atoms with Crippen molar-refractivity contribution >= 4 is 11.8 Å². The summed E-state index contributed by atoms with van der Waals surface area (Å²) in [6.07, 6.45) is 1.90. The van der Waals surface area contributed by atoms with Crippen molar-refractivity contribution < 1.29 is 9.59 Å². The first kappa shape index (κ1) is 10.4. The molecule has 0 bridgehead atoms. The second-order valence-corrected chi connectivity index (χ2v) is 4.44. The molecule has 0 radical (unpaired) electrons. The molecule has 5 nitrogen and oxygen atoms in total. The Morgan fingerprint density at radius 2 is 2.27 bits per heavy atom. The number of piperazine rings is 1. The van der Waals surface area contributed by atoms with Gasteiger partial charge in [0.15, 0.2) is 0 Å². The van der Waals surface area contributed by atoms with Crippen molar-refractivity contribution in [2.24, 2.45) is 0 Å². The van der Waals surface area contributed by atoms with Gasteiger partial charge in [-0.05, 0) is 26.3 Å². The van der Waals surface area contributed by atoms with Crippen LogP contribution in [0.2, 0.25) is 0 Å². The lowest BCUT2D eigenvalue weighted by molar-refractivity contribution is -0.142. The molecular formula is C10H17N3O2. The summed E-state index contributed by atoms with van der Waals surface area (Å²) in [6, 6.07) is 0. The number of carbonyl (C=O) groups excluding carboxylic acids is 2. The van der Waals surface area contributed by atoms with Crippen LogP contribution in [0.15, 0.2) is 0 Å². The van der Waals surface area contributed by atoms with Gasteiger partial charge in [-0.25, -0.2) is 0 Å². The summed E-state index contributed by atoms with van der Waals surface area (Å²) in [4.78, 5) is 25.0. The Hall–Kier alpha value is -1.10. The highest BCUT2D eigenvalue weighted by molar-refractivity contribution is 5.91. The first-order chi connectivity index (χ1) is 7.12. The van der Waals surface area contributed by atoms with Gasteiger partial charge in [-0.1, -0.05) is 0 Å². The average molecular weight is 211 g/mol. The van der Waals surface area contributed by atoms with Crippen molar-refractivity contribution in [3.8, 4) is 0 Å². The van der Waals surface area contributed by atoms with Crippen molar-refractivity contribution in [2.45, 2.75) is 25.3 Å². The number of nitrogens with zero attached hydrogens (tertiary/aromatic N) is 1. The number of hydrogen-bond donors (Lipinski definition) is 2. The van der Waals surface area contributed by atoms with Crippen molar-refractivity contribution in [1.82, 2.24) is 15.5 Å². The summed E-state index contributed by atoms with van der Waals surface area (Å²) >= 11 is 0. The average Bonchev–Trinajstić information content (AvgIpc) is 2.65. The molecule has 15 heavy (non-hydrogen) atoms. The Balaban J connectivity index is 2.03. The normalized spacial score (nSPS) is 31.5. The summed E-state index contributed by atoms with van der Waals surface area (Å²) in [5.74, 6) is 0.00560. The lowest BCUT2D eigenvalue weighted by atomic mass is 9.98. The molecule has 2 saturated heterocycles. The summed E-state index contributed by atoms with van der Waals surface area (Å²) in [6.45, 7) is 4.22. The van der Waals surface area contributed by atoms with Crippen LogP contribution < -0.4 is 10.6 Å². The molecule has 2 N–H and O–H groups in total. The van der Waals surface area contributed by atoms with E-state index >= 15 is 0 Å². The Morgan fingerprint density at radius 1 is 1.47 bits per heavy atom. The van der Waals surface area contributed by atoms with E-state index in [0.29, 0.717) is 13.1 Å². The van der Waals surface area contributed by atoms with Crippen LogP contribution in [0.25, 0.3) is 0 Å². The second-order valence-electron chi connectivity index (χ2n) is 4.44. The molecule has 5 heteroatoms. The Kier molecular flexibility index (Phi) is 2.65. The van der Waals surface area contributed by atoms with Crippen LogP contribution in [0.5, 0.6) is 0 Å². The van der Waals surface area contributed by atoms with Gasteiger partial charge in [0.05, 0.1) is 12.1 Å². The summed E-state index contributed by atoms with van der Waals surface area (Å²) < 4.78 is 0. The maximum atomic E-state index is 12.2. The molecule has 84 valence electrons. The number of amides is 2. The van der Waals surface area contributed by atoms with Crippen LogP contribution >= 0.6 is 0 Å². The van der Waals surface area contributed by atoms with Crippen molar-refractivity contribution in [1.29, 1.82) is 0 Å². The van der Waals surface area contributed by atoms with E-state index in [1.165, 1.54) is 0 Å². The fraction of sp³-hybridized carbons (Fsp3) is 0.800. The summed E-state index contributed by atoms with van der Waals surface area (Å²) in [5.41, 5.74) is -0.447. The predicted octanol–water partition coefficient (Wildman–Crippen LogP) is -0.913. The number of carbonyl (C=O) groups is 2. The van der Waals surface area contributed by atoms with Gasteiger partial charge < -0.3 is 15.5 Å². The zero-order valence-corrected chi connectivity index (χ0v) is 9.01. The van der Waals surface area contributed by atoms with E-state index in [9.17, 15) is 9.59 Å². The maximum Gasteiger partial charge on any atom is 0.243 e. The molecule has 0 aliphatic carbocycles. The van der Waals surface area contributed by atoms with Gasteiger partial charge in [0.25, 0.3) is 0 Å². The quantitative estimate of drug-likeness (QED) is 0.590. The third-order valence-electron chi connectivity index (χ3n) is 3.17. The predicted molar refractivity (Wildman–Crippen MR) is 55.2 cm³/mol. The molecule has 2 heterocycles. The van der Waals surface area contributed by atoms with Crippen LogP contribution in [0.4, 0.5) is 0 Å². The van der Waals surface area contributed by atoms with Crippen LogP contribution in [-0.4, -0.2) is 48.4 Å². The fourth-order valence-electron chi connectivity index (χ4n) is 2.24. The van der Waals surface area contributed by atoms with E-state index in [2.05, 4.69) is 10.6 Å². The van der Waals surface area contributed by atoms with Gasteiger partial charge in [-0.3, -0.25) is 9.59 Å². The third kappa shape index (κ3) is 1.97. The lowest BCUT2D eigenvalue weighted by Gasteiger charge is -2.33. The zero-order valence-electron chi connectivity index (χ0n) is 9.01. The highest BCUT2D eigenvalue weighted by Crippen LogP contribution is 2.21. The summed E-state index contributed by atoms with van der Waals surface area (Å²) in [5, 5.41) is 5.94. The zero-order chi connectivity index (χ0) is 10.9. The molecule has 0 aromatic carbocycles. The fourth-order valence-corrected chi connectivity index (χ4v) is 2.24. The topological polar surface area (TPSA) is 61.4 Å². The molecule has 2 aliphatic heterocycles. The van der Waals surface area contributed by atoms with Gasteiger partial charge in [0.2, 0.25) is 11.8 Å². The highest BCUT2D eigenvalue weighted by atomic mass is 16.2. The van der Waals surface area contributed by atoms with Crippen LogP contribution in [0.1, 0.15) is 19.8 Å². The molecule has 2 aliphatic rings. The molecule has 2 amide bonds. The first-order valence-corrected chi connectivity index (χ1v) is 5.43. The minimum absolute atomic E-state index is 0.0591. The molecule has 2 fully saturated rings. The first-order valence-electron chi connectivity index (χ1n) is 5.43. The number of rotatable bonds is 1. The van der Waals surface area contributed by atoms with Gasteiger partial charge in [0, 0.05) is 13.1 Å². The van der Waals surface area contributed by atoms with Crippen molar-refractivity contribution in [3.63, 3.8) is 0 Å². The van der Waals surface area contributed by atoms with Gasteiger partial charge in [0.1, 0.15) is 0 Å². The van der Waals surface area contributed by atoms with Gasteiger partial charge in [-0.2, -0.15) is 0 Å². The lowest BCUT2D eigenvalue weighted by Crippen LogP contribution is -2.58. The van der Waals surface area contributed by atoms with E-state index in [1.807, 2.05) is 6.92 Å². The monoisotopic (exact) mass is 211 g/mol. The highest BCUT2D eigenvalue weighted by Gasteiger charge is 2.39. The largest absolute Gasteiger partial charge is 0.353 e. The molecule has 0 saturated carbocycles. The molecule has 1 atom stereocenters. The smallest absolute Gasteiger partial charge is 0.243 e. The summed E-state index contributed by atoms with van der Waals surface area (Å²) in [7, 11) is 0. The molecule has 1 unspecified atom stereocenters. The Bertz CT molecular complexity index is 284. The maximum absolute atomic E-state index is 12.2. The molecule has 0 spiro atoms. The molecule has 0 aromatic rings. The standard InChI is InChI=1S/C10H17N3O2/c1-10(3-2-4-12-10)9(15)13-6-5-11-8(14)7-13/h12H,2-7H2,1H3,(H,11,14). The SMILES string of the molecule is CC1(C(=O)N2CCNC(=O)C2)CCCN1. The minimum Gasteiger partial charge on any atom is -0.353 e. The molecule has 0 aromatic heterocycles. The molecule has 2 rings (SSSR count). The van der Waals surface area contributed by atoms with E-state index in [-0.39, 0.29) is 18.4 Å². The third-order valence-corrected chi connectivity index (χ3v) is 3.17. The second kappa shape index (κ2) is 3.81. The van der Waals surface area contributed by atoms with Crippen molar-refractivity contribution in [2.75, 3.05) is 26.2 Å². The van der Waals surface area contributed by atoms with Crippen LogP contribution in [0, 0.1) is 0 Å². The molecular weight excluding hydrogens is 194 g/mol. The van der Waals surface area contributed by atoms with E-state index in [0.717, 1.165) is 19.4 Å². The van der Waals surface area contributed by atoms with Crippen LogP contribution in [-0.2, 0) is 9.59 Å². The van der Waals surface area contributed by atoms with Crippen molar-refractivity contribution in [3.05, 3.63) is 0 Å². The Morgan fingerprint density at radius 3 is 2.87 bits per heavy atom. The van der Waals surface area contributed by atoms with E-state index in [1.54, 1.807) is 4.90 Å². The minimum atomic E-state index is -0.447. The van der Waals surface area contributed by atoms with Crippen LogP contribution in [0.3, 0.4) is 0 Å². The van der Waals surface area contributed by atoms with Gasteiger partial charge >= 0.3 is 0 Å².